The Bertz CT molecular complexity index is 437. The van der Waals surface area contributed by atoms with Gasteiger partial charge in [-0.2, -0.15) is 0 Å². The van der Waals surface area contributed by atoms with Crippen LogP contribution in [0.2, 0.25) is 0 Å². The first-order valence-corrected chi connectivity index (χ1v) is 7.17. The molecule has 0 aliphatic heterocycles. The molecule has 1 heterocycles. The van der Waals surface area contributed by atoms with Gasteiger partial charge in [0.15, 0.2) is 0 Å². The smallest absolute Gasteiger partial charge is 0.223 e. The molecule has 1 aromatic heterocycles. The van der Waals surface area contributed by atoms with Crippen LogP contribution in [0.15, 0.2) is 6.07 Å². The summed E-state index contributed by atoms with van der Waals surface area (Å²) >= 11 is 0. The van der Waals surface area contributed by atoms with Crippen molar-refractivity contribution in [1.29, 1.82) is 0 Å². The van der Waals surface area contributed by atoms with E-state index >= 15 is 0 Å². The Hall–Kier alpha value is -1.17. The van der Waals surface area contributed by atoms with Gasteiger partial charge in [0.05, 0.1) is 5.75 Å². The highest BCUT2D eigenvalue weighted by atomic mass is 32.2. The number of hydrogen-bond donors (Lipinski definition) is 1. The second-order valence-electron chi connectivity index (χ2n) is 3.88. The SMILES string of the molecule is Cc1cc(C)nc(NCCCS(C)(=O)=O)n1. The number of rotatable bonds is 5. The lowest BCUT2D eigenvalue weighted by atomic mass is 10.3. The van der Waals surface area contributed by atoms with E-state index in [1.54, 1.807) is 0 Å². The molecule has 0 aromatic carbocycles. The second kappa shape index (κ2) is 5.25. The third-order valence-corrected chi connectivity index (χ3v) is 2.99. The predicted molar refractivity (Wildman–Crippen MR) is 64.3 cm³/mol. The number of aryl methyl sites for hydroxylation is 2. The summed E-state index contributed by atoms with van der Waals surface area (Å²) in [7, 11) is -2.88. The second-order valence-corrected chi connectivity index (χ2v) is 6.14. The van der Waals surface area contributed by atoms with E-state index in [1.165, 1.54) is 6.26 Å². The van der Waals surface area contributed by atoms with E-state index < -0.39 is 9.84 Å². The molecule has 0 spiro atoms. The van der Waals surface area contributed by atoms with Gasteiger partial charge in [-0.05, 0) is 26.3 Å². The van der Waals surface area contributed by atoms with Crippen molar-refractivity contribution in [2.45, 2.75) is 20.3 Å². The summed E-state index contributed by atoms with van der Waals surface area (Å²) in [4.78, 5) is 8.39. The van der Waals surface area contributed by atoms with Gasteiger partial charge in [0.25, 0.3) is 0 Å². The lowest BCUT2D eigenvalue weighted by Crippen LogP contribution is -2.11. The zero-order valence-corrected chi connectivity index (χ0v) is 10.6. The van der Waals surface area contributed by atoms with Crippen LogP contribution in [0.1, 0.15) is 17.8 Å². The van der Waals surface area contributed by atoms with E-state index in [2.05, 4.69) is 15.3 Å². The van der Waals surface area contributed by atoms with Crippen LogP contribution in [0, 0.1) is 13.8 Å². The molecule has 0 unspecified atom stereocenters. The highest BCUT2D eigenvalue weighted by molar-refractivity contribution is 7.90. The van der Waals surface area contributed by atoms with Crippen LogP contribution in [-0.2, 0) is 9.84 Å². The maximum absolute atomic E-state index is 10.9. The predicted octanol–water partition coefficient (Wildman–Crippen LogP) is 0.940. The van der Waals surface area contributed by atoms with Crippen LogP contribution in [0.5, 0.6) is 0 Å². The van der Waals surface area contributed by atoms with Gasteiger partial charge in [-0.3, -0.25) is 0 Å². The summed E-state index contributed by atoms with van der Waals surface area (Å²) in [6, 6.07) is 1.89. The average molecular weight is 243 g/mol. The molecular weight excluding hydrogens is 226 g/mol. The highest BCUT2D eigenvalue weighted by Gasteiger charge is 2.02. The van der Waals surface area contributed by atoms with Gasteiger partial charge in [-0.1, -0.05) is 0 Å². The Morgan fingerprint density at radius 3 is 2.31 bits per heavy atom. The topological polar surface area (TPSA) is 72.0 Å². The number of hydrogen-bond acceptors (Lipinski definition) is 5. The molecule has 1 aromatic rings. The number of aromatic nitrogens is 2. The first-order chi connectivity index (χ1) is 7.37. The lowest BCUT2D eigenvalue weighted by Gasteiger charge is -2.05. The van der Waals surface area contributed by atoms with Crippen LogP contribution >= 0.6 is 0 Å². The summed E-state index contributed by atoms with van der Waals surface area (Å²) in [5, 5.41) is 3.01. The zero-order chi connectivity index (χ0) is 12.2. The zero-order valence-electron chi connectivity index (χ0n) is 9.82. The molecule has 0 saturated carbocycles. The van der Waals surface area contributed by atoms with Crippen molar-refractivity contribution in [3.05, 3.63) is 17.5 Å². The Morgan fingerprint density at radius 1 is 1.25 bits per heavy atom. The molecule has 0 amide bonds. The van der Waals surface area contributed by atoms with Gasteiger partial charge < -0.3 is 5.32 Å². The average Bonchev–Trinajstić information content (AvgIpc) is 2.09. The molecule has 0 aliphatic rings. The quantitative estimate of drug-likeness (QED) is 0.779. The van der Waals surface area contributed by atoms with Crippen LogP contribution in [0.25, 0.3) is 0 Å². The minimum atomic E-state index is -2.88. The van der Waals surface area contributed by atoms with Crippen molar-refractivity contribution in [3.63, 3.8) is 0 Å². The van der Waals surface area contributed by atoms with E-state index in [0.717, 1.165) is 11.4 Å². The Morgan fingerprint density at radius 2 is 1.81 bits per heavy atom. The van der Waals surface area contributed by atoms with E-state index in [9.17, 15) is 8.42 Å². The van der Waals surface area contributed by atoms with E-state index in [-0.39, 0.29) is 5.75 Å². The van der Waals surface area contributed by atoms with Crippen LogP contribution in [0.3, 0.4) is 0 Å². The summed E-state index contributed by atoms with van der Waals surface area (Å²) in [6.45, 7) is 4.36. The lowest BCUT2D eigenvalue weighted by molar-refractivity contribution is 0.600. The first-order valence-electron chi connectivity index (χ1n) is 5.11. The first kappa shape index (κ1) is 12.9. The van der Waals surface area contributed by atoms with Crippen molar-refractivity contribution in [2.75, 3.05) is 23.9 Å². The number of nitrogens with one attached hydrogen (secondary N) is 1. The van der Waals surface area contributed by atoms with Gasteiger partial charge >= 0.3 is 0 Å². The maximum atomic E-state index is 10.9. The van der Waals surface area contributed by atoms with Gasteiger partial charge in [-0.25, -0.2) is 18.4 Å². The fourth-order valence-electron chi connectivity index (χ4n) is 1.34. The summed E-state index contributed by atoms with van der Waals surface area (Å²) < 4.78 is 21.8. The highest BCUT2D eigenvalue weighted by Crippen LogP contribution is 2.03. The van der Waals surface area contributed by atoms with Gasteiger partial charge in [0.1, 0.15) is 9.84 Å². The molecule has 0 bridgehead atoms. The van der Waals surface area contributed by atoms with Crippen molar-refractivity contribution in [3.8, 4) is 0 Å². The normalized spacial score (nSPS) is 11.4. The van der Waals surface area contributed by atoms with Crippen molar-refractivity contribution in [2.24, 2.45) is 0 Å². The molecule has 0 atom stereocenters. The molecule has 0 radical (unpaired) electrons. The van der Waals surface area contributed by atoms with E-state index in [4.69, 9.17) is 0 Å². The maximum Gasteiger partial charge on any atom is 0.223 e. The van der Waals surface area contributed by atoms with Crippen molar-refractivity contribution >= 4 is 15.8 Å². The Kier molecular flexibility index (Phi) is 4.23. The number of anilines is 1. The van der Waals surface area contributed by atoms with Crippen LogP contribution < -0.4 is 5.32 Å². The third-order valence-electron chi connectivity index (χ3n) is 1.96. The molecular formula is C10H17N3O2S. The minimum absolute atomic E-state index is 0.185. The van der Waals surface area contributed by atoms with E-state index in [1.807, 2.05) is 19.9 Å². The molecule has 1 N–H and O–H groups in total. The minimum Gasteiger partial charge on any atom is -0.354 e. The molecule has 0 aliphatic carbocycles. The third kappa shape index (κ3) is 5.06. The molecule has 6 heteroatoms. The van der Waals surface area contributed by atoms with Crippen LogP contribution in [-0.4, -0.2) is 36.9 Å². The fourth-order valence-corrected chi connectivity index (χ4v) is 2.01. The molecule has 16 heavy (non-hydrogen) atoms. The number of sulfone groups is 1. The van der Waals surface area contributed by atoms with Crippen LogP contribution in [0.4, 0.5) is 5.95 Å². The van der Waals surface area contributed by atoms with Gasteiger partial charge in [0.2, 0.25) is 5.95 Å². The molecule has 90 valence electrons. The molecule has 0 fully saturated rings. The van der Waals surface area contributed by atoms with Gasteiger partial charge in [0, 0.05) is 24.2 Å². The van der Waals surface area contributed by atoms with Crippen molar-refractivity contribution in [1.82, 2.24) is 9.97 Å². The Labute approximate surface area is 96.2 Å². The molecule has 1 rings (SSSR count). The monoisotopic (exact) mass is 243 g/mol. The molecule has 0 saturated heterocycles. The standard InChI is InChI=1S/C10H17N3O2S/c1-8-7-9(2)13-10(12-8)11-5-4-6-16(3,14)15/h7H,4-6H2,1-3H3,(H,11,12,13). The largest absolute Gasteiger partial charge is 0.354 e. The fraction of sp³-hybridized carbons (Fsp3) is 0.600. The number of nitrogens with zero attached hydrogens (tertiary/aromatic N) is 2. The summed E-state index contributed by atoms with van der Waals surface area (Å²) in [5.74, 6) is 0.746. The van der Waals surface area contributed by atoms with Gasteiger partial charge in [-0.15, -0.1) is 0 Å². The Balaban J connectivity index is 2.43. The summed E-state index contributed by atoms with van der Waals surface area (Å²) in [5.41, 5.74) is 1.80. The van der Waals surface area contributed by atoms with E-state index in [0.29, 0.717) is 18.9 Å². The van der Waals surface area contributed by atoms with Crippen molar-refractivity contribution < 1.29 is 8.42 Å². The summed E-state index contributed by atoms with van der Waals surface area (Å²) in [6.07, 6.45) is 1.80. The molecule has 5 nitrogen and oxygen atoms in total.